The monoisotopic (exact) mass is 289 g/mol. The van der Waals surface area contributed by atoms with E-state index in [1.54, 1.807) is 6.07 Å². The zero-order chi connectivity index (χ0) is 14.7. The number of nitrogens with zero attached hydrogens (tertiary/aromatic N) is 1. The summed E-state index contributed by atoms with van der Waals surface area (Å²) in [6.07, 6.45) is 1.51. The molecule has 5 heteroatoms. The molecule has 1 amide bonds. The molecule has 0 aliphatic carbocycles. The van der Waals surface area contributed by atoms with Crippen molar-refractivity contribution in [1.82, 2.24) is 4.98 Å². The molecule has 2 aromatic rings. The molecule has 1 heterocycles. The molecule has 0 saturated heterocycles. The molecule has 0 fully saturated rings. The van der Waals surface area contributed by atoms with Crippen LogP contribution in [0, 0.1) is 13.8 Å². The SMILES string of the molecule is Cc1ccc(C(N)C(=O)Nc2cnc(Cl)c(C)c2)cc1. The molecule has 0 bridgehead atoms. The molecule has 3 N–H and O–H groups in total. The van der Waals surface area contributed by atoms with E-state index in [2.05, 4.69) is 10.3 Å². The number of benzene rings is 1. The fourth-order valence-electron chi connectivity index (χ4n) is 1.77. The Morgan fingerprint density at radius 3 is 2.55 bits per heavy atom. The van der Waals surface area contributed by atoms with Gasteiger partial charge in [0.05, 0.1) is 11.9 Å². The minimum absolute atomic E-state index is 0.280. The van der Waals surface area contributed by atoms with E-state index in [9.17, 15) is 4.79 Å². The summed E-state index contributed by atoms with van der Waals surface area (Å²) in [4.78, 5) is 16.1. The summed E-state index contributed by atoms with van der Waals surface area (Å²) in [5.74, 6) is -0.280. The molecule has 1 aromatic heterocycles. The molecule has 4 nitrogen and oxygen atoms in total. The van der Waals surface area contributed by atoms with Gasteiger partial charge in [0.1, 0.15) is 11.2 Å². The Morgan fingerprint density at radius 2 is 1.95 bits per heavy atom. The molecule has 1 atom stereocenters. The maximum absolute atomic E-state index is 12.1. The number of pyridine rings is 1. The minimum Gasteiger partial charge on any atom is -0.323 e. The van der Waals surface area contributed by atoms with Crippen molar-refractivity contribution in [3.8, 4) is 0 Å². The van der Waals surface area contributed by atoms with Gasteiger partial charge in [-0.25, -0.2) is 4.98 Å². The van der Waals surface area contributed by atoms with Gasteiger partial charge in [0.2, 0.25) is 5.91 Å². The third-order valence-corrected chi connectivity index (χ3v) is 3.40. The zero-order valence-corrected chi connectivity index (χ0v) is 12.1. The van der Waals surface area contributed by atoms with Gasteiger partial charge in [0.15, 0.2) is 0 Å². The highest BCUT2D eigenvalue weighted by Gasteiger charge is 2.16. The van der Waals surface area contributed by atoms with Crippen LogP contribution in [0.4, 0.5) is 5.69 Å². The lowest BCUT2D eigenvalue weighted by atomic mass is 10.1. The van der Waals surface area contributed by atoms with E-state index in [0.717, 1.165) is 16.7 Å². The quantitative estimate of drug-likeness (QED) is 0.854. The maximum atomic E-state index is 12.1. The Labute approximate surface area is 123 Å². The fourth-order valence-corrected chi connectivity index (χ4v) is 1.87. The second-order valence-corrected chi connectivity index (χ2v) is 5.07. The molecule has 2 rings (SSSR count). The van der Waals surface area contributed by atoms with E-state index in [0.29, 0.717) is 10.8 Å². The molecule has 0 saturated carbocycles. The molecule has 0 aliphatic rings. The summed E-state index contributed by atoms with van der Waals surface area (Å²) in [6.45, 7) is 3.81. The Morgan fingerprint density at radius 1 is 1.30 bits per heavy atom. The highest BCUT2D eigenvalue weighted by atomic mass is 35.5. The Bertz CT molecular complexity index is 626. The first-order valence-corrected chi connectivity index (χ1v) is 6.60. The lowest BCUT2D eigenvalue weighted by Gasteiger charge is -2.13. The van der Waals surface area contributed by atoms with Crippen molar-refractivity contribution in [3.05, 3.63) is 58.4 Å². The highest BCUT2D eigenvalue weighted by molar-refractivity contribution is 6.30. The molecule has 1 aromatic carbocycles. The number of nitrogens with one attached hydrogen (secondary N) is 1. The van der Waals surface area contributed by atoms with Crippen LogP contribution in [0.25, 0.3) is 0 Å². The Balaban J connectivity index is 2.11. The van der Waals surface area contributed by atoms with Crippen molar-refractivity contribution >= 4 is 23.2 Å². The molecule has 20 heavy (non-hydrogen) atoms. The second-order valence-electron chi connectivity index (χ2n) is 4.71. The van der Waals surface area contributed by atoms with E-state index in [-0.39, 0.29) is 5.91 Å². The summed E-state index contributed by atoms with van der Waals surface area (Å²) in [7, 11) is 0. The standard InChI is InChI=1S/C15H16ClN3O/c1-9-3-5-11(6-4-9)13(17)15(20)19-12-7-10(2)14(16)18-8-12/h3-8,13H,17H2,1-2H3,(H,19,20). The molecular formula is C15H16ClN3O. The third kappa shape index (κ3) is 3.35. The lowest BCUT2D eigenvalue weighted by molar-refractivity contribution is -0.117. The first-order valence-electron chi connectivity index (χ1n) is 6.22. The number of rotatable bonds is 3. The number of nitrogens with two attached hydrogens (primary N) is 1. The summed E-state index contributed by atoms with van der Waals surface area (Å²) in [5, 5.41) is 3.16. The molecule has 104 valence electrons. The molecular weight excluding hydrogens is 274 g/mol. The van der Waals surface area contributed by atoms with Crippen molar-refractivity contribution in [2.24, 2.45) is 5.73 Å². The van der Waals surface area contributed by atoms with Crippen LogP contribution >= 0.6 is 11.6 Å². The number of carbonyl (C=O) groups excluding carboxylic acids is 1. The van der Waals surface area contributed by atoms with Crippen LogP contribution in [0.2, 0.25) is 5.15 Å². The number of hydrogen-bond donors (Lipinski definition) is 2. The van der Waals surface area contributed by atoms with Gasteiger partial charge in [-0.1, -0.05) is 41.4 Å². The van der Waals surface area contributed by atoms with Crippen LogP contribution in [0.5, 0.6) is 0 Å². The molecule has 0 spiro atoms. The van der Waals surface area contributed by atoms with Gasteiger partial charge < -0.3 is 11.1 Å². The van der Waals surface area contributed by atoms with Crippen molar-refractivity contribution in [1.29, 1.82) is 0 Å². The summed E-state index contributed by atoms with van der Waals surface area (Å²) in [5.41, 5.74) is 9.22. The van der Waals surface area contributed by atoms with Gasteiger partial charge in [-0.3, -0.25) is 4.79 Å². The fraction of sp³-hybridized carbons (Fsp3) is 0.200. The lowest BCUT2D eigenvalue weighted by Crippen LogP contribution is -2.27. The van der Waals surface area contributed by atoms with E-state index in [1.165, 1.54) is 6.20 Å². The van der Waals surface area contributed by atoms with Crippen LogP contribution in [-0.4, -0.2) is 10.9 Å². The number of aromatic nitrogens is 1. The third-order valence-electron chi connectivity index (χ3n) is 3.00. The number of aryl methyl sites for hydroxylation is 2. The van der Waals surface area contributed by atoms with Crippen molar-refractivity contribution in [3.63, 3.8) is 0 Å². The van der Waals surface area contributed by atoms with Crippen LogP contribution in [0.1, 0.15) is 22.7 Å². The number of anilines is 1. The van der Waals surface area contributed by atoms with Gasteiger partial charge >= 0.3 is 0 Å². The minimum atomic E-state index is -0.716. The van der Waals surface area contributed by atoms with Gasteiger partial charge in [-0.2, -0.15) is 0 Å². The van der Waals surface area contributed by atoms with E-state index in [1.807, 2.05) is 38.1 Å². The van der Waals surface area contributed by atoms with Crippen molar-refractivity contribution in [2.45, 2.75) is 19.9 Å². The topological polar surface area (TPSA) is 68.0 Å². The zero-order valence-electron chi connectivity index (χ0n) is 11.4. The number of carbonyl (C=O) groups is 1. The second kappa shape index (κ2) is 6.03. The smallest absolute Gasteiger partial charge is 0.245 e. The average molecular weight is 290 g/mol. The largest absolute Gasteiger partial charge is 0.323 e. The normalized spacial score (nSPS) is 12.0. The van der Waals surface area contributed by atoms with E-state index in [4.69, 9.17) is 17.3 Å². The van der Waals surface area contributed by atoms with Crippen LogP contribution < -0.4 is 11.1 Å². The first kappa shape index (κ1) is 14.5. The predicted molar refractivity (Wildman–Crippen MR) is 80.7 cm³/mol. The van der Waals surface area contributed by atoms with Crippen LogP contribution in [0.3, 0.4) is 0 Å². The predicted octanol–water partition coefficient (Wildman–Crippen LogP) is 2.99. The van der Waals surface area contributed by atoms with Gasteiger partial charge in [-0.15, -0.1) is 0 Å². The maximum Gasteiger partial charge on any atom is 0.245 e. The summed E-state index contributed by atoms with van der Waals surface area (Å²) < 4.78 is 0. The number of amides is 1. The average Bonchev–Trinajstić information content (AvgIpc) is 2.43. The van der Waals surface area contributed by atoms with Crippen LogP contribution in [-0.2, 0) is 4.79 Å². The Hall–Kier alpha value is -1.91. The van der Waals surface area contributed by atoms with Crippen molar-refractivity contribution < 1.29 is 4.79 Å². The molecule has 1 unspecified atom stereocenters. The van der Waals surface area contributed by atoms with Crippen molar-refractivity contribution in [2.75, 3.05) is 5.32 Å². The molecule has 0 aliphatic heterocycles. The van der Waals surface area contributed by atoms with Gasteiger partial charge in [-0.05, 0) is 31.0 Å². The van der Waals surface area contributed by atoms with E-state index >= 15 is 0 Å². The number of hydrogen-bond acceptors (Lipinski definition) is 3. The highest BCUT2D eigenvalue weighted by Crippen LogP contribution is 2.18. The first-order chi connectivity index (χ1) is 9.47. The number of halogens is 1. The van der Waals surface area contributed by atoms with Crippen LogP contribution in [0.15, 0.2) is 36.5 Å². The van der Waals surface area contributed by atoms with Gasteiger partial charge in [0, 0.05) is 0 Å². The van der Waals surface area contributed by atoms with Gasteiger partial charge in [0.25, 0.3) is 0 Å². The Kier molecular flexibility index (Phi) is 4.37. The molecule has 0 radical (unpaired) electrons. The van der Waals surface area contributed by atoms with E-state index < -0.39 is 6.04 Å². The summed E-state index contributed by atoms with van der Waals surface area (Å²) >= 11 is 5.84. The summed E-state index contributed by atoms with van der Waals surface area (Å²) in [6, 6.07) is 8.60.